The zero-order valence-corrected chi connectivity index (χ0v) is 12.6. The number of benzene rings is 1. The Balaban J connectivity index is 2.23. The van der Waals surface area contributed by atoms with Crippen LogP contribution < -0.4 is 5.32 Å². The maximum absolute atomic E-state index is 13.3. The molecule has 3 nitrogen and oxygen atoms in total. The lowest BCUT2D eigenvalue weighted by Crippen LogP contribution is -2.22. The number of hydrogen-bond acceptors (Lipinski definition) is 2. The van der Waals surface area contributed by atoms with E-state index < -0.39 is 6.43 Å². The molecule has 0 unspecified atom stereocenters. The Hall–Kier alpha value is -1.75. The van der Waals surface area contributed by atoms with Crippen molar-refractivity contribution in [1.82, 2.24) is 15.1 Å². The molecule has 1 N–H and O–H groups in total. The van der Waals surface area contributed by atoms with E-state index in [0.29, 0.717) is 18.7 Å². The SMILES string of the molecule is Cc1cccc(Cn2ncc(CNC(C)C)c2C(F)F)c1. The molecule has 0 aliphatic heterocycles. The standard InChI is InChI=1S/C16H21F2N3/c1-11(2)19-8-14-9-20-21(15(14)16(17)18)10-13-6-4-5-12(3)7-13/h4-7,9,11,16,19H,8,10H2,1-3H3. The third-order valence-corrected chi connectivity index (χ3v) is 3.28. The number of hydrogen-bond donors (Lipinski definition) is 1. The summed E-state index contributed by atoms with van der Waals surface area (Å²) in [6.07, 6.45) is -0.992. The minimum atomic E-state index is -2.53. The van der Waals surface area contributed by atoms with Crippen molar-refractivity contribution >= 4 is 0 Å². The third kappa shape index (κ3) is 4.11. The van der Waals surface area contributed by atoms with Gasteiger partial charge in [0.25, 0.3) is 6.43 Å². The van der Waals surface area contributed by atoms with Crippen molar-refractivity contribution in [3.8, 4) is 0 Å². The van der Waals surface area contributed by atoms with E-state index in [-0.39, 0.29) is 11.7 Å². The molecular weight excluding hydrogens is 272 g/mol. The predicted octanol–water partition coefficient (Wildman–Crippen LogP) is 3.68. The van der Waals surface area contributed by atoms with Gasteiger partial charge in [-0.2, -0.15) is 5.10 Å². The van der Waals surface area contributed by atoms with Gasteiger partial charge in [0, 0.05) is 18.2 Å². The van der Waals surface area contributed by atoms with E-state index in [9.17, 15) is 8.78 Å². The Morgan fingerprint density at radius 1 is 1.29 bits per heavy atom. The maximum Gasteiger partial charge on any atom is 0.280 e. The molecule has 21 heavy (non-hydrogen) atoms. The molecule has 0 saturated carbocycles. The summed E-state index contributed by atoms with van der Waals surface area (Å²) < 4.78 is 28.1. The number of aryl methyl sites for hydroxylation is 1. The van der Waals surface area contributed by atoms with Gasteiger partial charge >= 0.3 is 0 Å². The Kier molecular flexibility index (Phi) is 5.07. The molecule has 2 aromatic rings. The minimum Gasteiger partial charge on any atom is -0.310 e. The second-order valence-corrected chi connectivity index (χ2v) is 5.54. The summed E-state index contributed by atoms with van der Waals surface area (Å²) in [5, 5.41) is 7.29. The maximum atomic E-state index is 13.3. The van der Waals surface area contributed by atoms with Gasteiger partial charge in [-0.3, -0.25) is 4.68 Å². The first-order chi connectivity index (χ1) is 9.97. The van der Waals surface area contributed by atoms with Gasteiger partial charge < -0.3 is 5.32 Å². The summed E-state index contributed by atoms with van der Waals surface area (Å²) in [5.41, 5.74) is 2.65. The van der Waals surface area contributed by atoms with Gasteiger partial charge in [-0.1, -0.05) is 43.7 Å². The van der Waals surface area contributed by atoms with Crippen LogP contribution in [-0.4, -0.2) is 15.8 Å². The molecule has 0 radical (unpaired) electrons. The highest BCUT2D eigenvalue weighted by Crippen LogP contribution is 2.24. The van der Waals surface area contributed by atoms with Crippen LogP contribution in [0.5, 0.6) is 0 Å². The number of rotatable bonds is 6. The second kappa shape index (κ2) is 6.80. The van der Waals surface area contributed by atoms with Crippen molar-refractivity contribution in [2.75, 3.05) is 0 Å². The normalized spacial score (nSPS) is 11.6. The van der Waals surface area contributed by atoms with Crippen molar-refractivity contribution < 1.29 is 8.78 Å². The van der Waals surface area contributed by atoms with Gasteiger partial charge in [0.2, 0.25) is 0 Å². The van der Waals surface area contributed by atoms with Crippen LogP contribution in [0.2, 0.25) is 0 Å². The summed E-state index contributed by atoms with van der Waals surface area (Å²) >= 11 is 0. The van der Waals surface area contributed by atoms with Crippen molar-refractivity contribution in [3.05, 3.63) is 52.8 Å². The van der Waals surface area contributed by atoms with E-state index in [2.05, 4.69) is 10.4 Å². The lowest BCUT2D eigenvalue weighted by atomic mass is 10.1. The molecule has 0 atom stereocenters. The average Bonchev–Trinajstić information content (AvgIpc) is 2.79. The minimum absolute atomic E-state index is 0.00431. The molecular formula is C16H21F2N3. The summed E-state index contributed by atoms with van der Waals surface area (Å²) in [4.78, 5) is 0. The van der Waals surface area contributed by atoms with Crippen LogP contribution in [0.3, 0.4) is 0 Å². The second-order valence-electron chi connectivity index (χ2n) is 5.54. The van der Waals surface area contributed by atoms with Gasteiger partial charge in [-0.25, -0.2) is 8.78 Å². The Morgan fingerprint density at radius 3 is 2.67 bits per heavy atom. The van der Waals surface area contributed by atoms with E-state index in [1.54, 1.807) is 0 Å². The monoisotopic (exact) mass is 293 g/mol. The first-order valence-electron chi connectivity index (χ1n) is 7.09. The van der Waals surface area contributed by atoms with E-state index >= 15 is 0 Å². The van der Waals surface area contributed by atoms with Gasteiger partial charge in [-0.05, 0) is 12.5 Å². The molecule has 0 bridgehead atoms. The largest absolute Gasteiger partial charge is 0.310 e. The zero-order valence-electron chi connectivity index (χ0n) is 12.6. The molecule has 1 heterocycles. The molecule has 114 valence electrons. The highest BCUT2D eigenvalue weighted by atomic mass is 19.3. The lowest BCUT2D eigenvalue weighted by molar-refractivity contribution is 0.138. The first kappa shape index (κ1) is 15.6. The fraction of sp³-hybridized carbons (Fsp3) is 0.438. The molecule has 0 fully saturated rings. The number of nitrogens with one attached hydrogen (secondary N) is 1. The van der Waals surface area contributed by atoms with E-state index in [0.717, 1.165) is 11.1 Å². The van der Waals surface area contributed by atoms with Crippen LogP contribution in [0.1, 0.15) is 42.7 Å². The molecule has 1 aromatic heterocycles. The van der Waals surface area contributed by atoms with E-state index in [1.807, 2.05) is 45.0 Å². The van der Waals surface area contributed by atoms with E-state index in [1.165, 1.54) is 10.9 Å². The van der Waals surface area contributed by atoms with Gasteiger partial charge in [0.1, 0.15) is 5.69 Å². The third-order valence-electron chi connectivity index (χ3n) is 3.28. The first-order valence-corrected chi connectivity index (χ1v) is 7.09. The highest BCUT2D eigenvalue weighted by molar-refractivity contribution is 5.25. The summed E-state index contributed by atoms with van der Waals surface area (Å²) in [6, 6.07) is 8.07. The number of aromatic nitrogens is 2. The van der Waals surface area contributed by atoms with Crippen LogP contribution in [0.4, 0.5) is 8.78 Å². The van der Waals surface area contributed by atoms with Crippen LogP contribution in [0, 0.1) is 6.92 Å². The average molecular weight is 293 g/mol. The van der Waals surface area contributed by atoms with Gasteiger partial charge in [0.05, 0.1) is 12.7 Å². The molecule has 0 spiro atoms. The van der Waals surface area contributed by atoms with Gasteiger partial charge in [0.15, 0.2) is 0 Å². The molecule has 5 heteroatoms. The quantitative estimate of drug-likeness (QED) is 0.880. The summed E-state index contributed by atoms with van der Waals surface area (Å²) in [6.45, 7) is 6.73. The van der Waals surface area contributed by atoms with Crippen molar-refractivity contribution in [2.24, 2.45) is 0 Å². The Bertz CT molecular complexity index is 591. The molecule has 1 aromatic carbocycles. The zero-order chi connectivity index (χ0) is 15.4. The number of alkyl halides is 2. The van der Waals surface area contributed by atoms with Crippen LogP contribution in [0.25, 0.3) is 0 Å². The van der Waals surface area contributed by atoms with Crippen LogP contribution in [-0.2, 0) is 13.1 Å². The van der Waals surface area contributed by atoms with E-state index in [4.69, 9.17) is 0 Å². The highest BCUT2D eigenvalue weighted by Gasteiger charge is 2.20. The Labute approximate surface area is 124 Å². The molecule has 0 aliphatic rings. The number of halogens is 2. The Morgan fingerprint density at radius 2 is 2.05 bits per heavy atom. The van der Waals surface area contributed by atoms with Crippen molar-refractivity contribution in [2.45, 2.75) is 46.3 Å². The fourth-order valence-electron chi connectivity index (χ4n) is 2.25. The van der Waals surface area contributed by atoms with Crippen molar-refractivity contribution in [3.63, 3.8) is 0 Å². The van der Waals surface area contributed by atoms with Gasteiger partial charge in [-0.15, -0.1) is 0 Å². The summed E-state index contributed by atoms with van der Waals surface area (Å²) in [5.74, 6) is 0. The fourth-order valence-corrected chi connectivity index (χ4v) is 2.25. The smallest absolute Gasteiger partial charge is 0.280 e. The number of nitrogens with zero attached hydrogens (tertiary/aromatic N) is 2. The lowest BCUT2D eigenvalue weighted by Gasteiger charge is -2.11. The molecule has 2 rings (SSSR count). The predicted molar refractivity (Wildman–Crippen MR) is 79.4 cm³/mol. The molecule has 0 aliphatic carbocycles. The topological polar surface area (TPSA) is 29.9 Å². The van der Waals surface area contributed by atoms with Crippen molar-refractivity contribution in [1.29, 1.82) is 0 Å². The van der Waals surface area contributed by atoms with Crippen LogP contribution in [0.15, 0.2) is 30.5 Å². The van der Waals surface area contributed by atoms with Crippen LogP contribution >= 0.6 is 0 Å². The molecule has 0 saturated heterocycles. The summed E-state index contributed by atoms with van der Waals surface area (Å²) in [7, 11) is 0. The molecule has 0 amide bonds.